The summed E-state index contributed by atoms with van der Waals surface area (Å²) < 4.78 is 4.88. The van der Waals surface area contributed by atoms with Crippen LogP contribution in [0.1, 0.15) is 41.8 Å². The highest BCUT2D eigenvalue weighted by Gasteiger charge is 2.24. The van der Waals surface area contributed by atoms with Crippen LogP contribution in [0.3, 0.4) is 0 Å². The Morgan fingerprint density at radius 2 is 1.85 bits per heavy atom. The smallest absolute Gasteiger partial charge is 0.264 e. The van der Waals surface area contributed by atoms with Gasteiger partial charge < -0.3 is 20.1 Å². The molecule has 2 N–H and O–H groups in total. The van der Waals surface area contributed by atoms with Crippen molar-refractivity contribution in [3.63, 3.8) is 0 Å². The third-order valence-corrected chi connectivity index (χ3v) is 4.79. The van der Waals surface area contributed by atoms with Crippen LogP contribution < -0.4 is 10.6 Å². The SMILES string of the molecule is Cc1cc(NC(=O)CN(C)C(=O)c2sc(NC(=O)C(C)(C)C)cc2C)no1. The molecule has 0 saturated carbocycles. The number of nitrogens with one attached hydrogen (secondary N) is 2. The van der Waals surface area contributed by atoms with E-state index in [1.54, 1.807) is 33.0 Å². The first-order valence-electron chi connectivity index (χ1n) is 8.38. The van der Waals surface area contributed by atoms with Crippen molar-refractivity contribution in [2.75, 3.05) is 24.2 Å². The zero-order chi connectivity index (χ0) is 20.4. The molecule has 27 heavy (non-hydrogen) atoms. The zero-order valence-electron chi connectivity index (χ0n) is 16.3. The summed E-state index contributed by atoms with van der Waals surface area (Å²) in [6.45, 7) is 8.83. The van der Waals surface area contributed by atoms with Gasteiger partial charge in [-0.2, -0.15) is 0 Å². The average molecular weight is 392 g/mol. The van der Waals surface area contributed by atoms with Gasteiger partial charge in [0.25, 0.3) is 5.91 Å². The minimum Gasteiger partial charge on any atom is -0.360 e. The molecule has 0 aliphatic carbocycles. The summed E-state index contributed by atoms with van der Waals surface area (Å²) in [7, 11) is 1.54. The van der Waals surface area contributed by atoms with Gasteiger partial charge in [0.15, 0.2) is 5.82 Å². The van der Waals surface area contributed by atoms with Crippen molar-refractivity contribution in [1.82, 2.24) is 10.1 Å². The first-order chi connectivity index (χ1) is 12.5. The van der Waals surface area contributed by atoms with Gasteiger partial charge in [-0.1, -0.05) is 25.9 Å². The lowest BCUT2D eigenvalue weighted by Gasteiger charge is -2.17. The fourth-order valence-corrected chi connectivity index (χ4v) is 3.19. The summed E-state index contributed by atoms with van der Waals surface area (Å²) in [6, 6.07) is 3.35. The van der Waals surface area contributed by atoms with E-state index in [4.69, 9.17) is 4.52 Å². The van der Waals surface area contributed by atoms with Crippen molar-refractivity contribution in [3.8, 4) is 0 Å². The standard InChI is InChI=1S/C18H24N4O4S/c1-10-7-14(20-17(25)18(3,4)5)27-15(10)16(24)22(6)9-13(23)19-12-8-11(2)26-21-12/h7-8H,9H2,1-6H3,(H,20,25)(H,19,21,23). The largest absolute Gasteiger partial charge is 0.360 e. The number of likely N-dealkylation sites (N-methyl/N-ethyl adjacent to an activating group) is 1. The molecule has 0 fully saturated rings. The van der Waals surface area contributed by atoms with E-state index in [-0.39, 0.29) is 24.3 Å². The van der Waals surface area contributed by atoms with Gasteiger partial charge in [0.2, 0.25) is 11.8 Å². The van der Waals surface area contributed by atoms with Crippen LogP contribution in [-0.4, -0.2) is 41.4 Å². The number of carbonyl (C=O) groups excluding carboxylic acids is 3. The predicted molar refractivity (Wildman–Crippen MR) is 104 cm³/mol. The second kappa shape index (κ2) is 7.91. The molecule has 2 rings (SSSR count). The molecular formula is C18H24N4O4S. The van der Waals surface area contributed by atoms with E-state index in [2.05, 4.69) is 15.8 Å². The van der Waals surface area contributed by atoms with E-state index in [9.17, 15) is 14.4 Å². The fraction of sp³-hybridized carbons (Fsp3) is 0.444. The Bertz CT molecular complexity index is 863. The summed E-state index contributed by atoms with van der Waals surface area (Å²) in [5.41, 5.74) is 0.213. The summed E-state index contributed by atoms with van der Waals surface area (Å²) in [6.07, 6.45) is 0. The van der Waals surface area contributed by atoms with Gasteiger partial charge in [0.1, 0.15) is 5.76 Å². The van der Waals surface area contributed by atoms with Crippen LogP contribution in [0.5, 0.6) is 0 Å². The highest BCUT2D eigenvalue weighted by atomic mass is 32.1. The second-order valence-corrected chi connectivity index (χ2v) is 8.41. The Morgan fingerprint density at radius 3 is 2.41 bits per heavy atom. The molecule has 0 aliphatic heterocycles. The van der Waals surface area contributed by atoms with Crippen molar-refractivity contribution in [2.24, 2.45) is 5.41 Å². The molecule has 2 aromatic rings. The monoisotopic (exact) mass is 392 g/mol. The first-order valence-corrected chi connectivity index (χ1v) is 9.19. The van der Waals surface area contributed by atoms with Crippen molar-refractivity contribution < 1.29 is 18.9 Å². The van der Waals surface area contributed by atoms with Gasteiger partial charge in [-0.3, -0.25) is 14.4 Å². The van der Waals surface area contributed by atoms with Crippen LogP contribution in [-0.2, 0) is 9.59 Å². The van der Waals surface area contributed by atoms with Crippen molar-refractivity contribution in [1.29, 1.82) is 0 Å². The summed E-state index contributed by atoms with van der Waals surface area (Å²) in [5.74, 6) is 0.0832. The van der Waals surface area contributed by atoms with E-state index >= 15 is 0 Å². The number of carbonyl (C=O) groups is 3. The topological polar surface area (TPSA) is 105 Å². The Balaban J connectivity index is 2.01. The minimum atomic E-state index is -0.531. The normalized spacial score (nSPS) is 11.2. The predicted octanol–water partition coefficient (Wildman–Crippen LogP) is 3.05. The Kier molecular flexibility index (Phi) is 6.04. The highest BCUT2D eigenvalue weighted by molar-refractivity contribution is 7.18. The van der Waals surface area contributed by atoms with Crippen LogP contribution in [0.25, 0.3) is 0 Å². The van der Waals surface area contributed by atoms with E-state index in [0.717, 1.165) is 5.56 Å². The Morgan fingerprint density at radius 1 is 1.19 bits per heavy atom. The zero-order valence-corrected chi connectivity index (χ0v) is 17.1. The molecule has 0 radical (unpaired) electrons. The molecular weight excluding hydrogens is 368 g/mol. The Hall–Kier alpha value is -2.68. The van der Waals surface area contributed by atoms with Crippen molar-refractivity contribution in [3.05, 3.63) is 28.3 Å². The molecule has 0 atom stereocenters. The van der Waals surface area contributed by atoms with Crippen LogP contribution in [0.4, 0.5) is 10.8 Å². The molecule has 0 spiro atoms. The summed E-state index contributed by atoms with van der Waals surface area (Å²) in [4.78, 5) is 38.6. The molecule has 2 aromatic heterocycles. The van der Waals surface area contributed by atoms with E-state index < -0.39 is 5.41 Å². The maximum atomic E-state index is 12.7. The third kappa shape index (κ3) is 5.40. The lowest BCUT2D eigenvalue weighted by atomic mass is 9.96. The second-order valence-electron chi connectivity index (χ2n) is 7.36. The van der Waals surface area contributed by atoms with Gasteiger partial charge >= 0.3 is 0 Å². The number of rotatable bonds is 5. The molecule has 0 bridgehead atoms. The first kappa shape index (κ1) is 20.6. The minimum absolute atomic E-state index is 0.126. The van der Waals surface area contributed by atoms with E-state index in [1.165, 1.54) is 16.2 Å². The summed E-state index contributed by atoms with van der Waals surface area (Å²) in [5, 5.41) is 9.68. The lowest BCUT2D eigenvalue weighted by Crippen LogP contribution is -2.34. The van der Waals surface area contributed by atoms with Gasteiger partial charge in [0.05, 0.1) is 16.4 Å². The molecule has 0 saturated heterocycles. The number of aromatic nitrogens is 1. The quantitative estimate of drug-likeness (QED) is 0.814. The lowest BCUT2D eigenvalue weighted by molar-refractivity contribution is -0.123. The number of nitrogens with zero attached hydrogens (tertiary/aromatic N) is 2. The van der Waals surface area contributed by atoms with Crippen molar-refractivity contribution >= 4 is 39.9 Å². The van der Waals surface area contributed by atoms with Gasteiger partial charge in [-0.25, -0.2) is 0 Å². The number of anilines is 2. The maximum absolute atomic E-state index is 12.7. The van der Waals surface area contributed by atoms with Crippen LogP contribution >= 0.6 is 11.3 Å². The van der Waals surface area contributed by atoms with Gasteiger partial charge in [-0.05, 0) is 25.5 Å². The molecule has 0 aliphatic rings. The number of hydrogen-bond donors (Lipinski definition) is 2. The van der Waals surface area contributed by atoms with E-state index in [0.29, 0.717) is 21.5 Å². The fourth-order valence-electron chi connectivity index (χ4n) is 2.12. The van der Waals surface area contributed by atoms with Crippen LogP contribution in [0.15, 0.2) is 16.7 Å². The summed E-state index contributed by atoms with van der Waals surface area (Å²) >= 11 is 1.19. The highest BCUT2D eigenvalue weighted by Crippen LogP contribution is 2.29. The molecule has 2 heterocycles. The van der Waals surface area contributed by atoms with Crippen LogP contribution in [0.2, 0.25) is 0 Å². The number of hydrogen-bond acceptors (Lipinski definition) is 6. The number of amides is 3. The Labute approximate surface area is 161 Å². The van der Waals surface area contributed by atoms with Crippen molar-refractivity contribution in [2.45, 2.75) is 34.6 Å². The third-order valence-electron chi connectivity index (χ3n) is 3.65. The molecule has 8 nitrogen and oxygen atoms in total. The maximum Gasteiger partial charge on any atom is 0.264 e. The van der Waals surface area contributed by atoms with Gasteiger partial charge in [0, 0.05) is 18.5 Å². The molecule has 146 valence electrons. The average Bonchev–Trinajstić information content (AvgIpc) is 3.10. The van der Waals surface area contributed by atoms with E-state index in [1.807, 2.05) is 20.8 Å². The van der Waals surface area contributed by atoms with Crippen LogP contribution in [0, 0.1) is 19.3 Å². The number of aryl methyl sites for hydroxylation is 2. The molecule has 9 heteroatoms. The van der Waals surface area contributed by atoms with Gasteiger partial charge in [-0.15, -0.1) is 11.3 Å². The molecule has 0 unspecified atom stereocenters. The molecule has 3 amide bonds. The number of thiophene rings is 1. The molecule has 0 aromatic carbocycles.